The lowest BCUT2D eigenvalue weighted by Crippen LogP contribution is -2.09. The number of hydrazone groups is 1. The van der Waals surface area contributed by atoms with E-state index in [2.05, 4.69) is 10.5 Å². The Balaban J connectivity index is 2.20. The molecule has 0 unspecified atom stereocenters. The number of para-hydroxylation sites is 1. The van der Waals surface area contributed by atoms with Gasteiger partial charge < -0.3 is 4.74 Å². The third kappa shape index (κ3) is 3.78. The van der Waals surface area contributed by atoms with Crippen molar-refractivity contribution in [1.29, 1.82) is 0 Å². The fourth-order valence-electron chi connectivity index (χ4n) is 1.87. The summed E-state index contributed by atoms with van der Waals surface area (Å²) in [6, 6.07) is 12.3. The van der Waals surface area contributed by atoms with E-state index < -0.39 is 11.7 Å². The predicted molar refractivity (Wildman–Crippen MR) is 80.3 cm³/mol. The number of methoxy groups -OCH3 is 1. The predicted octanol–water partition coefficient (Wildman–Crippen LogP) is 4.55. The van der Waals surface area contributed by atoms with Crippen LogP contribution in [0.25, 0.3) is 0 Å². The average molecular weight is 308 g/mol. The van der Waals surface area contributed by atoms with Crippen molar-refractivity contribution in [3.8, 4) is 5.75 Å². The van der Waals surface area contributed by atoms with Crippen LogP contribution in [-0.4, -0.2) is 12.8 Å². The fraction of sp³-hybridized carbons (Fsp3) is 0.188. The molecular weight excluding hydrogens is 293 g/mol. The number of nitrogens with one attached hydrogen (secondary N) is 1. The highest BCUT2D eigenvalue weighted by atomic mass is 19.4. The van der Waals surface area contributed by atoms with Gasteiger partial charge in [0.1, 0.15) is 5.75 Å². The van der Waals surface area contributed by atoms with Crippen LogP contribution >= 0.6 is 0 Å². The van der Waals surface area contributed by atoms with Crippen molar-refractivity contribution in [1.82, 2.24) is 0 Å². The third-order valence-electron chi connectivity index (χ3n) is 3.08. The zero-order valence-electron chi connectivity index (χ0n) is 12.1. The summed E-state index contributed by atoms with van der Waals surface area (Å²) in [6.45, 7) is 1.71. The quantitative estimate of drug-likeness (QED) is 0.664. The van der Waals surface area contributed by atoms with Gasteiger partial charge in [0.25, 0.3) is 0 Å². The molecular formula is C16H15F3N2O. The van der Waals surface area contributed by atoms with Crippen LogP contribution in [0.15, 0.2) is 53.6 Å². The van der Waals surface area contributed by atoms with Crippen molar-refractivity contribution in [3.05, 3.63) is 59.7 Å². The van der Waals surface area contributed by atoms with Crippen molar-refractivity contribution in [2.45, 2.75) is 13.1 Å². The number of alkyl halides is 3. The molecule has 0 radical (unpaired) electrons. The molecule has 0 aromatic heterocycles. The summed E-state index contributed by atoms with van der Waals surface area (Å²) in [5, 5.41) is 4.02. The van der Waals surface area contributed by atoms with Gasteiger partial charge in [0.2, 0.25) is 0 Å². The summed E-state index contributed by atoms with van der Waals surface area (Å²) in [7, 11) is 1.56. The highest BCUT2D eigenvalue weighted by molar-refractivity contribution is 5.99. The van der Waals surface area contributed by atoms with E-state index in [9.17, 15) is 13.2 Å². The maximum Gasteiger partial charge on any atom is 0.418 e. The molecule has 2 rings (SSSR count). The highest BCUT2D eigenvalue weighted by Crippen LogP contribution is 2.34. The lowest BCUT2D eigenvalue weighted by atomic mass is 10.1. The molecule has 0 atom stereocenters. The lowest BCUT2D eigenvalue weighted by Gasteiger charge is -2.12. The maximum absolute atomic E-state index is 12.9. The molecule has 0 fully saturated rings. The summed E-state index contributed by atoms with van der Waals surface area (Å²) in [6.07, 6.45) is -4.42. The first-order valence-corrected chi connectivity index (χ1v) is 6.53. The molecule has 0 heterocycles. The summed E-state index contributed by atoms with van der Waals surface area (Å²) in [5.41, 5.74) is 3.01. The zero-order chi connectivity index (χ0) is 16.2. The molecule has 0 aliphatic rings. The van der Waals surface area contributed by atoms with Gasteiger partial charge in [0.05, 0.1) is 24.1 Å². The van der Waals surface area contributed by atoms with Gasteiger partial charge in [-0.15, -0.1) is 0 Å². The summed E-state index contributed by atoms with van der Waals surface area (Å²) < 4.78 is 43.7. The lowest BCUT2D eigenvalue weighted by molar-refractivity contribution is -0.136. The number of anilines is 1. The summed E-state index contributed by atoms with van der Waals surface area (Å²) >= 11 is 0. The zero-order valence-corrected chi connectivity index (χ0v) is 12.1. The van der Waals surface area contributed by atoms with Crippen LogP contribution in [0.3, 0.4) is 0 Å². The number of ether oxygens (including phenoxy) is 1. The molecule has 1 N–H and O–H groups in total. The smallest absolute Gasteiger partial charge is 0.418 e. The molecule has 116 valence electrons. The van der Waals surface area contributed by atoms with E-state index in [4.69, 9.17) is 4.74 Å². The maximum atomic E-state index is 12.9. The van der Waals surface area contributed by atoms with Crippen LogP contribution in [0.2, 0.25) is 0 Å². The molecule has 0 saturated carbocycles. The van der Waals surface area contributed by atoms with Crippen LogP contribution in [0.4, 0.5) is 18.9 Å². The summed E-state index contributed by atoms with van der Waals surface area (Å²) in [5.74, 6) is 0.701. The minimum absolute atomic E-state index is 0.0807. The third-order valence-corrected chi connectivity index (χ3v) is 3.08. The van der Waals surface area contributed by atoms with Gasteiger partial charge >= 0.3 is 6.18 Å². The van der Waals surface area contributed by atoms with E-state index >= 15 is 0 Å². The van der Waals surface area contributed by atoms with Crippen molar-refractivity contribution in [2.75, 3.05) is 12.5 Å². The minimum atomic E-state index is -4.42. The first-order chi connectivity index (χ1) is 10.4. The van der Waals surface area contributed by atoms with Crippen LogP contribution in [0, 0.1) is 0 Å². The number of halogens is 3. The Hall–Kier alpha value is -2.50. The Kier molecular flexibility index (Phi) is 4.70. The topological polar surface area (TPSA) is 33.6 Å². The van der Waals surface area contributed by atoms with Crippen molar-refractivity contribution in [3.63, 3.8) is 0 Å². The van der Waals surface area contributed by atoms with Crippen molar-refractivity contribution < 1.29 is 17.9 Å². The Labute approximate surface area is 126 Å². The van der Waals surface area contributed by atoms with Crippen LogP contribution < -0.4 is 10.2 Å². The van der Waals surface area contributed by atoms with Crippen molar-refractivity contribution in [2.24, 2.45) is 5.10 Å². The Morgan fingerprint density at radius 1 is 1.05 bits per heavy atom. The van der Waals surface area contributed by atoms with Gasteiger partial charge in [-0.1, -0.05) is 12.1 Å². The van der Waals surface area contributed by atoms with Crippen LogP contribution in [0.5, 0.6) is 5.75 Å². The van der Waals surface area contributed by atoms with E-state index in [0.29, 0.717) is 11.5 Å². The number of nitrogens with zero attached hydrogens (tertiary/aromatic N) is 1. The number of hydrogen-bond acceptors (Lipinski definition) is 3. The van der Waals surface area contributed by atoms with Gasteiger partial charge in [-0.25, -0.2) is 0 Å². The van der Waals surface area contributed by atoms with E-state index in [-0.39, 0.29) is 5.69 Å². The molecule has 0 saturated heterocycles. The van der Waals surface area contributed by atoms with E-state index in [1.54, 1.807) is 38.3 Å². The second kappa shape index (κ2) is 6.51. The Morgan fingerprint density at radius 2 is 1.68 bits per heavy atom. The molecule has 0 spiro atoms. The van der Waals surface area contributed by atoms with E-state index in [0.717, 1.165) is 11.6 Å². The molecule has 0 aliphatic heterocycles. The standard InChI is InChI=1S/C16H15F3N2O/c1-11(12-7-9-13(22-2)10-8-12)20-21-15-6-4-3-5-14(15)16(17,18)19/h3-10,21H,1-2H3/b20-11-. The van der Waals surface area contributed by atoms with Gasteiger partial charge in [0.15, 0.2) is 0 Å². The van der Waals surface area contributed by atoms with E-state index in [1.807, 2.05) is 0 Å². The van der Waals surface area contributed by atoms with Gasteiger partial charge in [-0.2, -0.15) is 18.3 Å². The van der Waals surface area contributed by atoms with Crippen LogP contribution in [0.1, 0.15) is 18.1 Å². The molecule has 6 heteroatoms. The normalized spacial score (nSPS) is 12.1. The van der Waals surface area contributed by atoms with Crippen LogP contribution in [-0.2, 0) is 6.18 Å². The van der Waals surface area contributed by atoms with Gasteiger partial charge in [-0.3, -0.25) is 5.43 Å². The Morgan fingerprint density at radius 3 is 2.27 bits per heavy atom. The molecule has 2 aromatic rings. The minimum Gasteiger partial charge on any atom is -0.497 e. The number of rotatable bonds is 4. The SMILES string of the molecule is COc1ccc(/C(C)=N\Nc2ccccc2C(F)(F)F)cc1. The Bertz CT molecular complexity index is 664. The van der Waals surface area contributed by atoms with Crippen molar-refractivity contribution >= 4 is 11.4 Å². The molecule has 0 aliphatic carbocycles. The first-order valence-electron chi connectivity index (χ1n) is 6.53. The molecule has 2 aromatic carbocycles. The summed E-state index contributed by atoms with van der Waals surface area (Å²) in [4.78, 5) is 0. The first kappa shape index (κ1) is 15.9. The van der Waals surface area contributed by atoms with E-state index in [1.165, 1.54) is 18.2 Å². The number of hydrogen-bond donors (Lipinski definition) is 1. The second-order valence-electron chi connectivity index (χ2n) is 4.58. The molecule has 0 bridgehead atoms. The molecule has 22 heavy (non-hydrogen) atoms. The fourth-order valence-corrected chi connectivity index (χ4v) is 1.87. The second-order valence-corrected chi connectivity index (χ2v) is 4.58. The van der Waals surface area contributed by atoms with Gasteiger partial charge in [0, 0.05) is 0 Å². The van der Waals surface area contributed by atoms with Gasteiger partial charge in [-0.05, 0) is 48.9 Å². The average Bonchev–Trinajstić information content (AvgIpc) is 2.52. The highest BCUT2D eigenvalue weighted by Gasteiger charge is 2.33. The molecule has 0 amide bonds. The number of benzene rings is 2. The monoisotopic (exact) mass is 308 g/mol. The molecule has 3 nitrogen and oxygen atoms in total. The largest absolute Gasteiger partial charge is 0.497 e.